The van der Waals surface area contributed by atoms with Crippen LogP contribution in [0.15, 0.2) is 16.8 Å². The molecule has 1 aromatic rings. The topological polar surface area (TPSA) is 78.7 Å². The van der Waals surface area contributed by atoms with E-state index in [1.54, 1.807) is 11.0 Å². The van der Waals surface area contributed by atoms with Gasteiger partial charge in [0.1, 0.15) is 0 Å². The molecule has 0 radical (unpaired) electrons. The van der Waals surface area contributed by atoms with Gasteiger partial charge in [-0.05, 0) is 13.0 Å². The third-order valence-corrected chi connectivity index (χ3v) is 4.27. The average Bonchev–Trinajstić information content (AvgIpc) is 3.11. The van der Waals surface area contributed by atoms with E-state index in [1.165, 1.54) is 6.20 Å². The smallest absolute Gasteiger partial charge is 0.292 e. The first kappa shape index (κ1) is 13.1. The molecule has 7 heteroatoms. The zero-order valence-corrected chi connectivity index (χ0v) is 11.5. The van der Waals surface area contributed by atoms with E-state index in [0.29, 0.717) is 26.2 Å². The molecule has 3 rings (SSSR count). The van der Waals surface area contributed by atoms with Gasteiger partial charge in [-0.2, -0.15) is 0 Å². The Bertz CT molecular complexity index is 516. The predicted octanol–water partition coefficient (Wildman–Crippen LogP) is -0.289. The van der Waals surface area contributed by atoms with Crippen molar-refractivity contribution >= 4 is 11.8 Å². The van der Waals surface area contributed by atoms with E-state index < -0.39 is 0 Å². The van der Waals surface area contributed by atoms with Gasteiger partial charge in [0, 0.05) is 25.7 Å². The van der Waals surface area contributed by atoms with Crippen molar-refractivity contribution in [2.45, 2.75) is 18.9 Å². The lowest BCUT2D eigenvalue weighted by Crippen LogP contribution is -2.64. The standard InChI is InChI=1S/C13H18N4O3/c1-2-17-7-11(18)14-8-13(17)4-6-16(9-13)12(19)10-3-5-15-20-10/h3,5H,2,4,6-9H2,1H3,(H,14,18)/t13-/m0/s1. The van der Waals surface area contributed by atoms with Gasteiger partial charge in [0.25, 0.3) is 5.91 Å². The molecule has 0 unspecified atom stereocenters. The molecule has 7 nitrogen and oxygen atoms in total. The lowest BCUT2D eigenvalue weighted by atomic mass is 9.93. The molecule has 1 aromatic heterocycles. The summed E-state index contributed by atoms with van der Waals surface area (Å²) >= 11 is 0. The van der Waals surface area contributed by atoms with Gasteiger partial charge >= 0.3 is 0 Å². The van der Waals surface area contributed by atoms with Crippen LogP contribution in [0.1, 0.15) is 23.9 Å². The van der Waals surface area contributed by atoms with E-state index in [9.17, 15) is 9.59 Å². The maximum Gasteiger partial charge on any atom is 0.292 e. The van der Waals surface area contributed by atoms with Crippen LogP contribution in [0.5, 0.6) is 0 Å². The highest BCUT2D eigenvalue weighted by molar-refractivity contribution is 5.91. The van der Waals surface area contributed by atoms with Crippen molar-refractivity contribution < 1.29 is 14.1 Å². The Morgan fingerprint density at radius 2 is 2.45 bits per heavy atom. The third-order valence-electron chi connectivity index (χ3n) is 4.27. The summed E-state index contributed by atoms with van der Waals surface area (Å²) < 4.78 is 4.93. The number of hydrogen-bond donors (Lipinski definition) is 1. The second kappa shape index (κ2) is 4.90. The summed E-state index contributed by atoms with van der Waals surface area (Å²) in [6.07, 6.45) is 2.33. The van der Waals surface area contributed by atoms with Crippen LogP contribution in [0.2, 0.25) is 0 Å². The summed E-state index contributed by atoms with van der Waals surface area (Å²) in [4.78, 5) is 27.7. The molecular formula is C13H18N4O3. The Morgan fingerprint density at radius 3 is 3.15 bits per heavy atom. The summed E-state index contributed by atoms with van der Waals surface area (Å²) in [6.45, 7) is 5.13. The number of nitrogens with zero attached hydrogens (tertiary/aromatic N) is 3. The fourth-order valence-electron chi connectivity index (χ4n) is 3.13. The van der Waals surface area contributed by atoms with Crippen LogP contribution in [0.25, 0.3) is 0 Å². The predicted molar refractivity (Wildman–Crippen MR) is 70.0 cm³/mol. The highest BCUT2D eigenvalue weighted by atomic mass is 16.5. The highest BCUT2D eigenvalue weighted by Crippen LogP contribution is 2.30. The molecule has 3 heterocycles. The van der Waals surface area contributed by atoms with Gasteiger partial charge in [-0.25, -0.2) is 0 Å². The van der Waals surface area contributed by atoms with E-state index in [2.05, 4.69) is 15.4 Å². The van der Waals surface area contributed by atoms with E-state index in [1.807, 2.05) is 6.92 Å². The summed E-state index contributed by atoms with van der Waals surface area (Å²) in [7, 11) is 0. The molecule has 2 saturated heterocycles. The van der Waals surface area contributed by atoms with E-state index in [4.69, 9.17) is 4.52 Å². The first-order valence-electron chi connectivity index (χ1n) is 6.86. The van der Waals surface area contributed by atoms with Crippen LogP contribution in [-0.2, 0) is 4.79 Å². The van der Waals surface area contributed by atoms with Crippen molar-refractivity contribution in [2.75, 3.05) is 32.7 Å². The summed E-state index contributed by atoms with van der Waals surface area (Å²) in [6, 6.07) is 1.58. The van der Waals surface area contributed by atoms with Crippen LogP contribution >= 0.6 is 0 Å². The Hall–Kier alpha value is -1.89. The van der Waals surface area contributed by atoms with E-state index in [0.717, 1.165) is 13.0 Å². The number of likely N-dealkylation sites (tertiary alicyclic amines) is 1. The lowest BCUT2D eigenvalue weighted by Gasteiger charge is -2.43. The number of nitrogens with one attached hydrogen (secondary N) is 1. The number of hydrogen-bond acceptors (Lipinski definition) is 5. The molecule has 2 amide bonds. The van der Waals surface area contributed by atoms with Crippen LogP contribution in [-0.4, -0.2) is 65.0 Å². The Labute approximate surface area is 116 Å². The molecule has 0 aromatic carbocycles. The Kier molecular flexibility index (Phi) is 3.21. The number of carbonyl (C=O) groups excluding carboxylic acids is 2. The quantitative estimate of drug-likeness (QED) is 0.804. The zero-order chi connectivity index (χ0) is 14.2. The monoisotopic (exact) mass is 278 g/mol. The number of amides is 2. The molecule has 108 valence electrons. The Morgan fingerprint density at radius 1 is 1.60 bits per heavy atom. The van der Waals surface area contributed by atoms with Crippen molar-refractivity contribution in [3.8, 4) is 0 Å². The molecular weight excluding hydrogens is 260 g/mol. The lowest BCUT2D eigenvalue weighted by molar-refractivity contribution is -0.128. The largest absolute Gasteiger partial charge is 0.353 e. The van der Waals surface area contributed by atoms with Gasteiger partial charge in [0.05, 0.1) is 18.3 Å². The highest BCUT2D eigenvalue weighted by Gasteiger charge is 2.47. The number of rotatable bonds is 2. The maximum absolute atomic E-state index is 12.3. The Balaban J connectivity index is 1.75. The van der Waals surface area contributed by atoms with Gasteiger partial charge in [-0.15, -0.1) is 0 Å². The SMILES string of the molecule is CCN1CC(=O)NC[C@]12CCN(C(=O)c1ccno1)C2. The molecule has 1 atom stereocenters. The summed E-state index contributed by atoms with van der Waals surface area (Å²) in [5.41, 5.74) is -0.141. The first-order valence-corrected chi connectivity index (χ1v) is 6.86. The summed E-state index contributed by atoms with van der Waals surface area (Å²) in [5.74, 6) is 0.190. The third kappa shape index (κ3) is 2.07. The molecule has 20 heavy (non-hydrogen) atoms. The van der Waals surface area contributed by atoms with E-state index in [-0.39, 0.29) is 23.1 Å². The minimum atomic E-state index is -0.141. The van der Waals surface area contributed by atoms with Crippen molar-refractivity contribution in [1.82, 2.24) is 20.3 Å². The maximum atomic E-state index is 12.3. The second-order valence-electron chi connectivity index (χ2n) is 5.37. The first-order chi connectivity index (χ1) is 9.64. The van der Waals surface area contributed by atoms with Gasteiger partial charge in [-0.1, -0.05) is 12.1 Å². The molecule has 0 saturated carbocycles. The van der Waals surface area contributed by atoms with Gasteiger partial charge < -0.3 is 14.7 Å². The normalized spacial score (nSPS) is 27.1. The minimum Gasteiger partial charge on any atom is -0.353 e. The molecule has 0 aliphatic carbocycles. The van der Waals surface area contributed by atoms with Crippen LogP contribution in [0, 0.1) is 0 Å². The molecule has 2 aliphatic rings. The second-order valence-corrected chi connectivity index (χ2v) is 5.37. The number of likely N-dealkylation sites (N-methyl/N-ethyl adjacent to an activating group) is 1. The molecule has 1 N–H and O–H groups in total. The van der Waals surface area contributed by atoms with Gasteiger partial charge in [-0.3, -0.25) is 14.5 Å². The molecule has 0 bridgehead atoms. The van der Waals surface area contributed by atoms with Crippen LogP contribution in [0.4, 0.5) is 0 Å². The number of piperazine rings is 1. The number of aromatic nitrogens is 1. The van der Waals surface area contributed by atoms with Crippen LogP contribution in [0.3, 0.4) is 0 Å². The fraction of sp³-hybridized carbons (Fsp3) is 0.615. The van der Waals surface area contributed by atoms with Gasteiger partial charge in [0.2, 0.25) is 11.7 Å². The average molecular weight is 278 g/mol. The molecule has 2 fully saturated rings. The zero-order valence-electron chi connectivity index (χ0n) is 11.5. The minimum absolute atomic E-state index is 0.0532. The van der Waals surface area contributed by atoms with Crippen LogP contribution < -0.4 is 5.32 Å². The van der Waals surface area contributed by atoms with Crippen molar-refractivity contribution in [2.24, 2.45) is 0 Å². The molecule has 2 aliphatic heterocycles. The summed E-state index contributed by atoms with van der Waals surface area (Å²) in [5, 5.41) is 6.49. The van der Waals surface area contributed by atoms with E-state index >= 15 is 0 Å². The fourth-order valence-corrected chi connectivity index (χ4v) is 3.13. The van der Waals surface area contributed by atoms with Crippen molar-refractivity contribution in [3.05, 3.63) is 18.0 Å². The molecule has 1 spiro atoms. The number of carbonyl (C=O) groups is 2. The van der Waals surface area contributed by atoms with Gasteiger partial charge in [0.15, 0.2) is 0 Å². The van der Waals surface area contributed by atoms with Crippen molar-refractivity contribution in [1.29, 1.82) is 0 Å². The van der Waals surface area contributed by atoms with Crippen molar-refractivity contribution in [3.63, 3.8) is 0 Å².